The third-order valence-corrected chi connectivity index (χ3v) is 5.30. The van der Waals surface area contributed by atoms with Crippen molar-refractivity contribution in [2.24, 2.45) is 13.0 Å². The van der Waals surface area contributed by atoms with Gasteiger partial charge in [-0.2, -0.15) is 5.10 Å². The average Bonchev–Trinajstić information content (AvgIpc) is 3.00. The van der Waals surface area contributed by atoms with E-state index in [4.69, 9.17) is 0 Å². The lowest BCUT2D eigenvalue weighted by molar-refractivity contribution is -0.122. The highest BCUT2D eigenvalue weighted by Gasteiger charge is 2.27. The summed E-state index contributed by atoms with van der Waals surface area (Å²) >= 11 is 0. The second-order valence-corrected chi connectivity index (χ2v) is 7.44. The van der Waals surface area contributed by atoms with E-state index >= 15 is 0 Å². The van der Waals surface area contributed by atoms with Crippen LogP contribution in [0, 0.1) is 12.8 Å². The lowest BCUT2D eigenvalue weighted by Gasteiger charge is -2.32. The summed E-state index contributed by atoms with van der Waals surface area (Å²) in [6.45, 7) is 5.25. The van der Waals surface area contributed by atoms with Crippen LogP contribution in [0.3, 0.4) is 0 Å². The van der Waals surface area contributed by atoms with Gasteiger partial charge in [0.15, 0.2) is 0 Å². The molecular formula is C21H28N4O2. The van der Waals surface area contributed by atoms with Crippen LogP contribution in [0.15, 0.2) is 36.5 Å². The van der Waals surface area contributed by atoms with Crippen molar-refractivity contribution < 1.29 is 9.59 Å². The third kappa shape index (κ3) is 4.76. The zero-order chi connectivity index (χ0) is 19.4. The average molecular weight is 368 g/mol. The quantitative estimate of drug-likeness (QED) is 0.882. The number of benzene rings is 1. The van der Waals surface area contributed by atoms with E-state index in [0.29, 0.717) is 31.0 Å². The Morgan fingerprint density at radius 2 is 1.89 bits per heavy atom. The van der Waals surface area contributed by atoms with Crippen LogP contribution in [0.25, 0.3) is 0 Å². The molecule has 6 nitrogen and oxygen atoms in total. The fraction of sp³-hybridized carbons (Fsp3) is 0.476. The molecule has 0 bridgehead atoms. The van der Waals surface area contributed by atoms with Crippen LogP contribution < -0.4 is 5.32 Å². The lowest BCUT2D eigenvalue weighted by Crippen LogP contribution is -2.40. The van der Waals surface area contributed by atoms with E-state index in [-0.39, 0.29) is 17.9 Å². The van der Waals surface area contributed by atoms with E-state index in [0.717, 1.165) is 24.1 Å². The van der Waals surface area contributed by atoms with Gasteiger partial charge in [0.25, 0.3) is 5.91 Å². The summed E-state index contributed by atoms with van der Waals surface area (Å²) < 4.78 is 1.67. The van der Waals surface area contributed by atoms with Crippen molar-refractivity contribution in [2.45, 2.75) is 39.2 Å². The molecule has 2 aromatic rings. The number of carbonyl (C=O) groups is 2. The maximum atomic E-state index is 12.7. The fourth-order valence-corrected chi connectivity index (χ4v) is 3.71. The molecule has 1 N–H and O–H groups in total. The van der Waals surface area contributed by atoms with Crippen LogP contribution in [-0.2, 0) is 11.8 Å². The number of piperidine rings is 1. The van der Waals surface area contributed by atoms with Crippen molar-refractivity contribution in [1.29, 1.82) is 0 Å². The number of nitrogens with one attached hydrogen (secondary N) is 1. The minimum Gasteiger partial charge on any atom is -0.350 e. The van der Waals surface area contributed by atoms with Crippen LogP contribution >= 0.6 is 0 Å². The molecule has 1 aliphatic heterocycles. The molecular weight excluding hydrogens is 340 g/mol. The predicted octanol–water partition coefficient (Wildman–Crippen LogP) is 2.85. The van der Waals surface area contributed by atoms with Crippen LogP contribution in [0.2, 0.25) is 0 Å². The number of nitrogens with zero attached hydrogens (tertiary/aromatic N) is 3. The molecule has 1 aliphatic rings. The van der Waals surface area contributed by atoms with Crippen LogP contribution in [0.4, 0.5) is 0 Å². The standard InChI is InChI=1S/C21H28N4O2/c1-15(18-7-5-4-6-8-18)22-20(26)13-17-9-11-25(12-10-17)21(27)19-14-24(3)23-16(19)2/h4-8,14-15,17H,9-13H2,1-3H3,(H,22,26)/t15-/m1/s1. The molecule has 0 saturated carbocycles. The van der Waals surface area contributed by atoms with E-state index < -0.39 is 0 Å². The molecule has 0 unspecified atom stereocenters. The number of hydrogen-bond acceptors (Lipinski definition) is 3. The normalized spacial score (nSPS) is 16.2. The topological polar surface area (TPSA) is 67.2 Å². The molecule has 0 spiro atoms. The largest absolute Gasteiger partial charge is 0.350 e. The highest BCUT2D eigenvalue weighted by Crippen LogP contribution is 2.23. The molecule has 3 rings (SSSR count). The molecule has 2 amide bonds. The van der Waals surface area contributed by atoms with Gasteiger partial charge in [-0.15, -0.1) is 0 Å². The summed E-state index contributed by atoms with van der Waals surface area (Å²) in [6.07, 6.45) is 4.02. The van der Waals surface area contributed by atoms with E-state index in [1.807, 2.05) is 56.1 Å². The van der Waals surface area contributed by atoms with Gasteiger partial charge in [-0.3, -0.25) is 14.3 Å². The number of carbonyl (C=O) groups excluding carboxylic acids is 2. The van der Waals surface area contributed by atoms with Crippen molar-refractivity contribution in [2.75, 3.05) is 13.1 Å². The Balaban J connectivity index is 1.47. The Morgan fingerprint density at radius 1 is 1.22 bits per heavy atom. The van der Waals surface area contributed by atoms with Gasteiger partial charge >= 0.3 is 0 Å². The van der Waals surface area contributed by atoms with Gasteiger partial charge in [-0.05, 0) is 38.2 Å². The van der Waals surface area contributed by atoms with Gasteiger partial charge in [0.05, 0.1) is 17.3 Å². The van der Waals surface area contributed by atoms with Gasteiger partial charge in [-0.25, -0.2) is 0 Å². The molecule has 1 atom stereocenters. The number of likely N-dealkylation sites (tertiary alicyclic amines) is 1. The minimum absolute atomic E-state index is 0.00826. The number of hydrogen-bond donors (Lipinski definition) is 1. The second kappa shape index (κ2) is 8.37. The summed E-state index contributed by atoms with van der Waals surface area (Å²) in [4.78, 5) is 26.9. The highest BCUT2D eigenvalue weighted by molar-refractivity contribution is 5.95. The monoisotopic (exact) mass is 368 g/mol. The Hall–Kier alpha value is -2.63. The highest BCUT2D eigenvalue weighted by atomic mass is 16.2. The van der Waals surface area contributed by atoms with Gasteiger partial charge in [0.1, 0.15) is 0 Å². The summed E-state index contributed by atoms with van der Waals surface area (Å²) in [7, 11) is 1.82. The molecule has 27 heavy (non-hydrogen) atoms. The summed E-state index contributed by atoms with van der Waals surface area (Å²) in [5.74, 6) is 0.451. The second-order valence-electron chi connectivity index (χ2n) is 7.44. The van der Waals surface area contributed by atoms with Crippen LogP contribution in [0.1, 0.15) is 53.8 Å². The number of aromatic nitrogens is 2. The first-order valence-electron chi connectivity index (χ1n) is 9.58. The fourth-order valence-electron chi connectivity index (χ4n) is 3.71. The van der Waals surface area contributed by atoms with Crippen molar-refractivity contribution in [3.63, 3.8) is 0 Å². The van der Waals surface area contributed by atoms with Gasteiger partial charge in [0.2, 0.25) is 5.91 Å². The third-order valence-electron chi connectivity index (χ3n) is 5.30. The zero-order valence-corrected chi connectivity index (χ0v) is 16.3. The maximum absolute atomic E-state index is 12.7. The molecule has 1 saturated heterocycles. The SMILES string of the molecule is Cc1nn(C)cc1C(=O)N1CCC(CC(=O)N[C@H](C)c2ccccc2)CC1. The zero-order valence-electron chi connectivity index (χ0n) is 16.3. The van der Waals surface area contributed by atoms with Gasteiger partial charge < -0.3 is 10.2 Å². The summed E-state index contributed by atoms with van der Waals surface area (Å²) in [6, 6.07) is 9.99. The van der Waals surface area contributed by atoms with Crippen molar-refractivity contribution in [3.05, 3.63) is 53.3 Å². The molecule has 0 radical (unpaired) electrons. The molecule has 1 aromatic carbocycles. The maximum Gasteiger partial charge on any atom is 0.257 e. The minimum atomic E-state index is 0.00826. The molecule has 144 valence electrons. The summed E-state index contributed by atoms with van der Waals surface area (Å²) in [5, 5.41) is 7.33. The number of aryl methyl sites for hydroxylation is 2. The van der Waals surface area contributed by atoms with E-state index in [2.05, 4.69) is 10.4 Å². The van der Waals surface area contributed by atoms with Gasteiger partial charge in [0, 0.05) is 32.8 Å². The molecule has 2 heterocycles. The first-order valence-corrected chi connectivity index (χ1v) is 9.58. The van der Waals surface area contributed by atoms with Crippen LogP contribution in [0.5, 0.6) is 0 Å². The van der Waals surface area contributed by atoms with Crippen molar-refractivity contribution >= 4 is 11.8 Å². The van der Waals surface area contributed by atoms with E-state index in [1.165, 1.54) is 0 Å². The Morgan fingerprint density at radius 3 is 2.48 bits per heavy atom. The number of amides is 2. The molecule has 1 fully saturated rings. The van der Waals surface area contributed by atoms with Gasteiger partial charge in [-0.1, -0.05) is 30.3 Å². The van der Waals surface area contributed by atoms with Crippen molar-refractivity contribution in [1.82, 2.24) is 20.0 Å². The Labute approximate surface area is 160 Å². The summed E-state index contributed by atoms with van der Waals surface area (Å²) in [5.41, 5.74) is 2.54. The molecule has 1 aromatic heterocycles. The Bertz CT molecular complexity index is 792. The molecule has 0 aliphatic carbocycles. The Kier molecular flexibility index (Phi) is 5.94. The smallest absolute Gasteiger partial charge is 0.257 e. The predicted molar refractivity (Wildman–Crippen MR) is 104 cm³/mol. The number of rotatable bonds is 5. The first-order chi connectivity index (χ1) is 12.9. The lowest BCUT2D eigenvalue weighted by atomic mass is 9.92. The first kappa shape index (κ1) is 19.1. The van der Waals surface area contributed by atoms with E-state index in [9.17, 15) is 9.59 Å². The van der Waals surface area contributed by atoms with E-state index in [1.54, 1.807) is 10.9 Å². The van der Waals surface area contributed by atoms with Crippen LogP contribution in [-0.4, -0.2) is 39.6 Å². The molecule has 6 heteroatoms. The van der Waals surface area contributed by atoms with Crippen molar-refractivity contribution in [3.8, 4) is 0 Å².